The third-order valence-corrected chi connectivity index (χ3v) is 4.98. The Morgan fingerprint density at radius 1 is 1.39 bits per heavy atom. The fourth-order valence-electron chi connectivity index (χ4n) is 2.83. The van der Waals surface area contributed by atoms with Gasteiger partial charge in [0, 0.05) is 12.7 Å². The fraction of sp³-hybridized carbons (Fsp3) is 0.533. The van der Waals surface area contributed by atoms with Crippen LogP contribution in [-0.4, -0.2) is 13.0 Å². The molecule has 0 aromatic heterocycles. The molecular weight excluding hydrogens is 246 g/mol. The van der Waals surface area contributed by atoms with E-state index in [9.17, 15) is 4.79 Å². The SMILES string of the molecule is CC(C1CC1)C(Cl)c1ccc2c(c1)CC(=O)N2C. The third kappa shape index (κ3) is 1.93. The first kappa shape index (κ1) is 12.0. The minimum absolute atomic E-state index is 0.0730. The normalized spacial score (nSPS) is 21.9. The molecule has 1 aromatic carbocycles. The van der Waals surface area contributed by atoms with Gasteiger partial charge in [-0.2, -0.15) is 0 Å². The number of likely N-dealkylation sites (N-methyl/N-ethyl adjacent to an activating group) is 1. The van der Waals surface area contributed by atoms with E-state index in [-0.39, 0.29) is 11.3 Å². The molecule has 1 aliphatic heterocycles. The van der Waals surface area contributed by atoms with Gasteiger partial charge in [0.15, 0.2) is 0 Å². The number of hydrogen-bond acceptors (Lipinski definition) is 1. The number of benzene rings is 1. The molecule has 1 fully saturated rings. The number of alkyl halides is 1. The Morgan fingerprint density at radius 3 is 2.78 bits per heavy atom. The molecule has 96 valence electrons. The lowest BCUT2D eigenvalue weighted by atomic mass is 9.94. The lowest BCUT2D eigenvalue weighted by Crippen LogP contribution is -2.20. The summed E-state index contributed by atoms with van der Waals surface area (Å²) in [6, 6.07) is 6.22. The number of fused-ring (bicyclic) bond motifs is 1. The van der Waals surface area contributed by atoms with E-state index in [1.165, 1.54) is 12.8 Å². The average Bonchev–Trinajstić information content (AvgIpc) is 3.16. The van der Waals surface area contributed by atoms with E-state index < -0.39 is 0 Å². The molecule has 2 atom stereocenters. The van der Waals surface area contributed by atoms with Crippen LogP contribution < -0.4 is 4.90 Å². The van der Waals surface area contributed by atoms with Gasteiger partial charge < -0.3 is 4.90 Å². The number of anilines is 1. The van der Waals surface area contributed by atoms with Crippen LogP contribution in [0.3, 0.4) is 0 Å². The Kier molecular flexibility index (Phi) is 2.86. The molecule has 3 rings (SSSR count). The van der Waals surface area contributed by atoms with E-state index >= 15 is 0 Å². The molecule has 1 amide bonds. The van der Waals surface area contributed by atoms with Crippen LogP contribution in [0.4, 0.5) is 5.69 Å². The second-order valence-electron chi connectivity index (χ2n) is 5.62. The lowest BCUT2D eigenvalue weighted by molar-refractivity contribution is -0.117. The van der Waals surface area contributed by atoms with Crippen LogP contribution in [0.25, 0.3) is 0 Å². The summed E-state index contributed by atoms with van der Waals surface area (Å²) in [5.74, 6) is 1.49. The highest BCUT2D eigenvalue weighted by Gasteiger charge is 2.34. The number of nitrogens with zero attached hydrogens (tertiary/aromatic N) is 1. The van der Waals surface area contributed by atoms with Gasteiger partial charge in [0.1, 0.15) is 0 Å². The van der Waals surface area contributed by atoms with Crippen LogP contribution in [0.5, 0.6) is 0 Å². The van der Waals surface area contributed by atoms with E-state index in [1.54, 1.807) is 4.90 Å². The molecule has 0 spiro atoms. The van der Waals surface area contributed by atoms with E-state index in [0.717, 1.165) is 22.7 Å². The quantitative estimate of drug-likeness (QED) is 0.764. The molecule has 1 saturated carbocycles. The van der Waals surface area contributed by atoms with Crippen molar-refractivity contribution in [3.63, 3.8) is 0 Å². The van der Waals surface area contributed by atoms with Crippen molar-refractivity contribution in [2.75, 3.05) is 11.9 Å². The Balaban J connectivity index is 1.86. The van der Waals surface area contributed by atoms with Gasteiger partial charge in [-0.25, -0.2) is 0 Å². The van der Waals surface area contributed by atoms with Crippen LogP contribution >= 0.6 is 11.6 Å². The van der Waals surface area contributed by atoms with Crippen molar-refractivity contribution in [2.24, 2.45) is 11.8 Å². The summed E-state index contributed by atoms with van der Waals surface area (Å²) >= 11 is 6.57. The van der Waals surface area contributed by atoms with Crippen molar-refractivity contribution in [2.45, 2.75) is 31.6 Å². The minimum Gasteiger partial charge on any atom is -0.315 e. The van der Waals surface area contributed by atoms with E-state index in [0.29, 0.717) is 12.3 Å². The zero-order chi connectivity index (χ0) is 12.9. The number of halogens is 1. The highest BCUT2D eigenvalue weighted by atomic mass is 35.5. The summed E-state index contributed by atoms with van der Waals surface area (Å²) in [5.41, 5.74) is 3.32. The summed E-state index contributed by atoms with van der Waals surface area (Å²) in [5, 5.41) is 0.0730. The summed E-state index contributed by atoms with van der Waals surface area (Å²) < 4.78 is 0. The number of rotatable bonds is 3. The molecule has 0 radical (unpaired) electrons. The van der Waals surface area contributed by atoms with E-state index in [4.69, 9.17) is 11.6 Å². The predicted molar refractivity (Wildman–Crippen MR) is 74.0 cm³/mol. The van der Waals surface area contributed by atoms with Gasteiger partial charge in [-0.1, -0.05) is 19.1 Å². The standard InChI is InChI=1S/C15H18ClNO/c1-9(10-3-4-10)15(16)11-5-6-13-12(7-11)8-14(18)17(13)2/h5-7,9-10,15H,3-4,8H2,1-2H3. The topological polar surface area (TPSA) is 20.3 Å². The molecule has 18 heavy (non-hydrogen) atoms. The van der Waals surface area contributed by atoms with Crippen LogP contribution in [0, 0.1) is 11.8 Å². The second kappa shape index (κ2) is 4.27. The summed E-state index contributed by atoms with van der Waals surface area (Å²) in [4.78, 5) is 13.4. The Labute approximate surface area is 113 Å². The molecule has 2 nitrogen and oxygen atoms in total. The highest BCUT2D eigenvalue weighted by Crippen LogP contribution is 2.46. The van der Waals surface area contributed by atoms with Crippen LogP contribution in [0.15, 0.2) is 18.2 Å². The molecule has 0 saturated heterocycles. The van der Waals surface area contributed by atoms with Crippen molar-refractivity contribution in [3.05, 3.63) is 29.3 Å². The largest absolute Gasteiger partial charge is 0.315 e. The van der Waals surface area contributed by atoms with E-state index in [1.807, 2.05) is 13.1 Å². The summed E-state index contributed by atoms with van der Waals surface area (Å²) in [6.07, 6.45) is 3.15. The minimum atomic E-state index is 0.0730. The summed E-state index contributed by atoms with van der Waals surface area (Å²) in [6.45, 7) is 2.24. The van der Waals surface area contributed by atoms with Crippen molar-refractivity contribution >= 4 is 23.2 Å². The van der Waals surface area contributed by atoms with Gasteiger partial charge in [-0.15, -0.1) is 11.6 Å². The third-order valence-electron chi connectivity index (χ3n) is 4.33. The monoisotopic (exact) mass is 263 g/mol. The van der Waals surface area contributed by atoms with Crippen molar-refractivity contribution in [3.8, 4) is 0 Å². The molecule has 0 N–H and O–H groups in total. The fourth-order valence-corrected chi connectivity index (χ4v) is 3.17. The van der Waals surface area contributed by atoms with Crippen molar-refractivity contribution in [1.82, 2.24) is 0 Å². The van der Waals surface area contributed by atoms with Gasteiger partial charge in [-0.05, 0) is 41.9 Å². The maximum absolute atomic E-state index is 11.7. The number of amides is 1. The average molecular weight is 264 g/mol. The molecule has 3 heteroatoms. The number of carbonyl (C=O) groups is 1. The molecular formula is C15H18ClNO. The predicted octanol–water partition coefficient (Wildman–Crippen LogP) is 3.53. The maximum atomic E-state index is 11.7. The van der Waals surface area contributed by atoms with Crippen LogP contribution in [0.2, 0.25) is 0 Å². The first-order chi connectivity index (χ1) is 8.58. The summed E-state index contributed by atoms with van der Waals surface area (Å²) in [7, 11) is 1.83. The maximum Gasteiger partial charge on any atom is 0.231 e. The molecule has 1 aliphatic carbocycles. The molecule has 0 bridgehead atoms. The molecule has 1 aromatic rings. The lowest BCUT2D eigenvalue weighted by Gasteiger charge is -2.19. The molecule has 1 heterocycles. The Hall–Kier alpha value is -1.02. The number of hydrogen-bond donors (Lipinski definition) is 0. The molecule has 2 unspecified atom stereocenters. The van der Waals surface area contributed by atoms with Gasteiger partial charge in [0.2, 0.25) is 5.91 Å². The molecule has 2 aliphatic rings. The number of carbonyl (C=O) groups excluding carboxylic acids is 1. The van der Waals surface area contributed by atoms with Gasteiger partial charge in [-0.3, -0.25) is 4.79 Å². The van der Waals surface area contributed by atoms with Crippen molar-refractivity contribution < 1.29 is 4.79 Å². The van der Waals surface area contributed by atoms with Crippen molar-refractivity contribution in [1.29, 1.82) is 0 Å². The zero-order valence-corrected chi connectivity index (χ0v) is 11.6. The Bertz CT molecular complexity index is 495. The smallest absolute Gasteiger partial charge is 0.231 e. The van der Waals surface area contributed by atoms with Gasteiger partial charge in [0.05, 0.1) is 11.8 Å². The van der Waals surface area contributed by atoms with Gasteiger partial charge >= 0.3 is 0 Å². The second-order valence-corrected chi connectivity index (χ2v) is 6.09. The first-order valence-electron chi connectivity index (χ1n) is 6.61. The Morgan fingerprint density at radius 2 is 2.11 bits per heavy atom. The van der Waals surface area contributed by atoms with E-state index in [2.05, 4.69) is 19.1 Å². The zero-order valence-electron chi connectivity index (χ0n) is 10.8. The first-order valence-corrected chi connectivity index (χ1v) is 7.05. The van der Waals surface area contributed by atoms with Gasteiger partial charge in [0.25, 0.3) is 0 Å². The van der Waals surface area contributed by atoms with Crippen LogP contribution in [-0.2, 0) is 11.2 Å². The van der Waals surface area contributed by atoms with Crippen LogP contribution in [0.1, 0.15) is 36.3 Å². The highest BCUT2D eigenvalue weighted by molar-refractivity contribution is 6.21.